The Morgan fingerprint density at radius 2 is 1.75 bits per heavy atom. The Bertz CT molecular complexity index is 270. The minimum absolute atomic E-state index is 0.207. The maximum Gasteiger partial charge on any atom is 0.323 e. The number of methoxy groups -OCH3 is 1. The molecule has 1 aliphatic rings. The Balaban J connectivity index is 2.09. The van der Waals surface area contributed by atoms with E-state index in [1.807, 2.05) is 0 Å². The summed E-state index contributed by atoms with van der Waals surface area (Å²) in [6, 6.07) is -0.237. The number of hydrogen-bond donors (Lipinski definition) is 1. The van der Waals surface area contributed by atoms with Crippen molar-refractivity contribution in [1.29, 1.82) is 0 Å². The van der Waals surface area contributed by atoms with Gasteiger partial charge in [0.05, 0.1) is 13.2 Å². The van der Waals surface area contributed by atoms with Crippen LogP contribution in [0.2, 0.25) is 0 Å². The molecule has 0 spiro atoms. The first kappa shape index (κ1) is 17.4. The lowest BCUT2D eigenvalue weighted by molar-refractivity contribution is -0.145. The number of likely N-dealkylation sites (tertiary alicyclic amines) is 1. The van der Waals surface area contributed by atoms with E-state index >= 15 is 0 Å². The molecule has 1 fully saturated rings. The molecule has 0 aromatic carbocycles. The molecule has 1 aliphatic heterocycles. The molecule has 0 bridgehead atoms. The molecule has 0 radical (unpaired) electrons. The summed E-state index contributed by atoms with van der Waals surface area (Å²) >= 11 is 0. The number of esters is 1. The Labute approximate surface area is 123 Å². The van der Waals surface area contributed by atoms with Gasteiger partial charge in [-0.05, 0) is 13.0 Å². The van der Waals surface area contributed by atoms with Crippen molar-refractivity contribution in [3.8, 4) is 0 Å². The summed E-state index contributed by atoms with van der Waals surface area (Å²) < 4.78 is 4.80. The molecule has 0 aromatic heterocycles. The number of rotatable bonds is 10. The molecular formula is C16H31NO3. The van der Waals surface area contributed by atoms with Gasteiger partial charge >= 0.3 is 5.97 Å². The van der Waals surface area contributed by atoms with Gasteiger partial charge in [-0.1, -0.05) is 51.9 Å². The van der Waals surface area contributed by atoms with Crippen LogP contribution in [-0.2, 0) is 9.53 Å². The number of aliphatic hydroxyl groups excluding tert-OH is 1. The van der Waals surface area contributed by atoms with Crippen LogP contribution < -0.4 is 0 Å². The fraction of sp³-hybridized carbons (Fsp3) is 0.938. The maximum absolute atomic E-state index is 11.6. The molecule has 0 aliphatic carbocycles. The minimum Gasteiger partial charge on any atom is -0.468 e. The molecule has 118 valence electrons. The fourth-order valence-electron chi connectivity index (χ4n) is 2.96. The molecule has 1 N–H and O–H groups in total. The number of nitrogens with zero attached hydrogens (tertiary/aromatic N) is 1. The second-order valence-electron chi connectivity index (χ2n) is 5.90. The lowest BCUT2D eigenvalue weighted by atomic mass is 10.1. The summed E-state index contributed by atoms with van der Waals surface area (Å²) in [5.74, 6) is -0.207. The van der Waals surface area contributed by atoms with E-state index in [2.05, 4.69) is 11.8 Å². The van der Waals surface area contributed by atoms with Crippen molar-refractivity contribution in [1.82, 2.24) is 4.90 Å². The third-order valence-corrected chi connectivity index (χ3v) is 4.15. The lowest BCUT2D eigenvalue weighted by Gasteiger charge is -2.21. The molecule has 4 nitrogen and oxygen atoms in total. The van der Waals surface area contributed by atoms with Gasteiger partial charge in [0.15, 0.2) is 0 Å². The van der Waals surface area contributed by atoms with Gasteiger partial charge in [-0.15, -0.1) is 0 Å². The molecule has 4 heteroatoms. The Morgan fingerprint density at radius 3 is 2.35 bits per heavy atom. The van der Waals surface area contributed by atoms with Crippen LogP contribution in [0.15, 0.2) is 0 Å². The third kappa shape index (κ3) is 6.23. The fourth-order valence-corrected chi connectivity index (χ4v) is 2.96. The van der Waals surface area contributed by atoms with E-state index in [0.717, 1.165) is 13.0 Å². The Morgan fingerprint density at radius 1 is 1.15 bits per heavy atom. The molecule has 0 saturated carbocycles. The van der Waals surface area contributed by atoms with Crippen LogP contribution in [0, 0.1) is 0 Å². The number of carbonyl (C=O) groups excluding carboxylic acids is 1. The van der Waals surface area contributed by atoms with Gasteiger partial charge in [-0.3, -0.25) is 9.69 Å². The zero-order valence-corrected chi connectivity index (χ0v) is 13.1. The number of hydrogen-bond acceptors (Lipinski definition) is 4. The minimum atomic E-state index is -0.381. The maximum atomic E-state index is 11.6. The highest BCUT2D eigenvalue weighted by Crippen LogP contribution is 2.20. The van der Waals surface area contributed by atoms with Crippen LogP contribution in [-0.4, -0.2) is 48.3 Å². The van der Waals surface area contributed by atoms with Crippen molar-refractivity contribution in [3.05, 3.63) is 0 Å². The second kappa shape index (κ2) is 10.2. The monoisotopic (exact) mass is 285 g/mol. The summed E-state index contributed by atoms with van der Waals surface area (Å²) in [7, 11) is 1.42. The zero-order valence-electron chi connectivity index (χ0n) is 13.1. The highest BCUT2D eigenvalue weighted by Gasteiger charge is 2.36. The molecule has 20 heavy (non-hydrogen) atoms. The molecule has 0 aromatic rings. The van der Waals surface area contributed by atoms with Gasteiger partial charge in [0, 0.05) is 13.0 Å². The predicted molar refractivity (Wildman–Crippen MR) is 80.6 cm³/mol. The third-order valence-electron chi connectivity index (χ3n) is 4.15. The largest absolute Gasteiger partial charge is 0.468 e. The number of aliphatic hydroxyl groups is 1. The van der Waals surface area contributed by atoms with E-state index in [9.17, 15) is 9.90 Å². The van der Waals surface area contributed by atoms with Gasteiger partial charge in [0.2, 0.25) is 0 Å². The SMILES string of the molecule is CCCCCCCCCCN1CC(O)CC1C(=O)OC. The van der Waals surface area contributed by atoms with Gasteiger partial charge in [0.1, 0.15) is 6.04 Å². The van der Waals surface area contributed by atoms with Crippen LogP contribution in [0.1, 0.15) is 64.7 Å². The zero-order chi connectivity index (χ0) is 14.8. The summed E-state index contributed by atoms with van der Waals surface area (Å²) in [6.07, 6.45) is 10.4. The predicted octanol–water partition coefficient (Wildman–Crippen LogP) is 2.74. The number of unbranched alkanes of at least 4 members (excludes halogenated alkanes) is 7. The number of β-amino-alcohol motifs (C(OH)–C–C–N with tert-alkyl or cyclic N) is 1. The van der Waals surface area contributed by atoms with E-state index in [1.54, 1.807) is 0 Å². The molecular weight excluding hydrogens is 254 g/mol. The van der Waals surface area contributed by atoms with Gasteiger partial charge in [0.25, 0.3) is 0 Å². The molecule has 2 atom stereocenters. The van der Waals surface area contributed by atoms with Crippen LogP contribution in [0.25, 0.3) is 0 Å². The molecule has 0 amide bonds. The first-order chi connectivity index (χ1) is 9.69. The molecule has 1 saturated heterocycles. The van der Waals surface area contributed by atoms with E-state index in [1.165, 1.54) is 52.1 Å². The van der Waals surface area contributed by atoms with Crippen molar-refractivity contribution in [2.24, 2.45) is 0 Å². The summed E-state index contributed by atoms with van der Waals surface area (Å²) in [6.45, 7) is 3.74. The molecule has 1 rings (SSSR count). The van der Waals surface area contributed by atoms with Crippen molar-refractivity contribution in [2.75, 3.05) is 20.2 Å². The smallest absolute Gasteiger partial charge is 0.323 e. The van der Waals surface area contributed by atoms with Gasteiger partial charge in [-0.25, -0.2) is 0 Å². The molecule has 1 heterocycles. The summed E-state index contributed by atoms with van der Waals surface area (Å²) in [4.78, 5) is 13.7. The van der Waals surface area contributed by atoms with Crippen molar-refractivity contribution >= 4 is 5.97 Å². The first-order valence-electron chi connectivity index (χ1n) is 8.19. The standard InChI is InChI=1S/C16H31NO3/c1-3-4-5-6-7-8-9-10-11-17-13-14(18)12-15(17)16(19)20-2/h14-15,18H,3-13H2,1-2H3. The van der Waals surface area contributed by atoms with Gasteiger partial charge < -0.3 is 9.84 Å². The van der Waals surface area contributed by atoms with Crippen molar-refractivity contribution in [2.45, 2.75) is 76.9 Å². The quantitative estimate of drug-likeness (QED) is 0.495. The Kier molecular flexibility index (Phi) is 8.86. The van der Waals surface area contributed by atoms with E-state index < -0.39 is 0 Å². The summed E-state index contributed by atoms with van der Waals surface area (Å²) in [5, 5.41) is 9.69. The average molecular weight is 285 g/mol. The van der Waals surface area contributed by atoms with E-state index in [-0.39, 0.29) is 18.1 Å². The normalized spacial score (nSPS) is 23.1. The highest BCUT2D eigenvalue weighted by atomic mass is 16.5. The molecule has 2 unspecified atom stereocenters. The van der Waals surface area contributed by atoms with E-state index in [0.29, 0.717) is 13.0 Å². The second-order valence-corrected chi connectivity index (χ2v) is 5.90. The van der Waals surface area contributed by atoms with Crippen LogP contribution in [0.3, 0.4) is 0 Å². The van der Waals surface area contributed by atoms with Crippen molar-refractivity contribution in [3.63, 3.8) is 0 Å². The van der Waals surface area contributed by atoms with Crippen LogP contribution in [0.4, 0.5) is 0 Å². The Hall–Kier alpha value is -0.610. The van der Waals surface area contributed by atoms with Crippen LogP contribution >= 0.6 is 0 Å². The van der Waals surface area contributed by atoms with Gasteiger partial charge in [-0.2, -0.15) is 0 Å². The first-order valence-corrected chi connectivity index (χ1v) is 8.19. The summed E-state index contributed by atoms with van der Waals surface area (Å²) in [5.41, 5.74) is 0. The average Bonchev–Trinajstić information content (AvgIpc) is 2.82. The highest BCUT2D eigenvalue weighted by molar-refractivity contribution is 5.76. The van der Waals surface area contributed by atoms with Crippen molar-refractivity contribution < 1.29 is 14.6 Å². The van der Waals surface area contributed by atoms with E-state index in [4.69, 9.17) is 4.74 Å². The van der Waals surface area contributed by atoms with Crippen LogP contribution in [0.5, 0.6) is 0 Å². The lowest BCUT2D eigenvalue weighted by Crippen LogP contribution is -2.37. The number of ether oxygens (including phenoxy) is 1. The topological polar surface area (TPSA) is 49.8 Å². The number of carbonyl (C=O) groups is 1.